The molecule has 94 valence electrons. The summed E-state index contributed by atoms with van der Waals surface area (Å²) in [5, 5.41) is 10.1. The van der Waals surface area contributed by atoms with Gasteiger partial charge in [0.15, 0.2) is 0 Å². The highest BCUT2D eigenvalue weighted by atomic mass is 16.5. The second-order valence-corrected chi connectivity index (χ2v) is 5.82. The molecule has 0 aliphatic carbocycles. The zero-order valence-electron chi connectivity index (χ0n) is 10.9. The fourth-order valence-electron chi connectivity index (χ4n) is 1.84. The molecule has 0 radical (unpaired) electrons. The van der Waals surface area contributed by atoms with Gasteiger partial charge in [-0.3, -0.25) is 4.79 Å². The molecule has 2 rings (SSSR count). The molecule has 2 N–H and O–H groups in total. The van der Waals surface area contributed by atoms with Gasteiger partial charge in [-0.1, -0.05) is 39.8 Å². The zero-order chi connectivity index (χ0) is 12.8. The molecule has 2 heterocycles. The summed E-state index contributed by atoms with van der Waals surface area (Å²) in [5.74, 6) is 0.663. The number of rotatable bonds is 1. The van der Waals surface area contributed by atoms with Crippen LogP contribution in [0.25, 0.3) is 0 Å². The first-order valence-electron chi connectivity index (χ1n) is 5.88. The van der Waals surface area contributed by atoms with Gasteiger partial charge in [-0.15, -0.1) is 0 Å². The first kappa shape index (κ1) is 12.0. The lowest BCUT2D eigenvalue weighted by molar-refractivity contribution is 0.0922. The van der Waals surface area contributed by atoms with Crippen LogP contribution in [0.4, 0.5) is 5.88 Å². The Bertz CT molecular complexity index is 443. The van der Waals surface area contributed by atoms with E-state index in [-0.39, 0.29) is 23.4 Å². The van der Waals surface area contributed by atoms with Crippen LogP contribution in [0.15, 0.2) is 4.52 Å². The quantitative estimate of drug-likeness (QED) is 0.785. The molecule has 0 aromatic carbocycles. The monoisotopic (exact) mass is 237 g/mol. The maximum Gasteiger partial charge on any atom is 0.260 e. The summed E-state index contributed by atoms with van der Waals surface area (Å²) in [6, 6.07) is 0. The van der Waals surface area contributed by atoms with Crippen molar-refractivity contribution < 1.29 is 9.32 Å². The third-order valence-electron chi connectivity index (χ3n) is 2.87. The molecule has 1 unspecified atom stereocenters. The average Bonchev–Trinajstić information content (AvgIpc) is 2.60. The second-order valence-electron chi connectivity index (χ2n) is 5.82. The third kappa shape index (κ3) is 2.01. The number of fused-ring (bicyclic) bond motifs is 1. The fourth-order valence-corrected chi connectivity index (χ4v) is 1.84. The molecule has 17 heavy (non-hydrogen) atoms. The van der Waals surface area contributed by atoms with Gasteiger partial charge >= 0.3 is 0 Å². The number of hydrogen-bond acceptors (Lipinski definition) is 4. The van der Waals surface area contributed by atoms with Crippen molar-refractivity contribution in [1.82, 2.24) is 10.5 Å². The summed E-state index contributed by atoms with van der Waals surface area (Å²) in [4.78, 5) is 12.1. The normalized spacial score (nSPS) is 19.9. The molecule has 1 aromatic rings. The standard InChI is InChI=1S/C12H19N3O2/c1-6(2)9-13-10(16)7-8(12(3,4)5)15-17-11(7)14-9/h6,9,14H,1-5H3,(H,13,16). The average molecular weight is 237 g/mol. The highest BCUT2D eigenvalue weighted by molar-refractivity contribution is 6.01. The molecular formula is C12H19N3O2. The van der Waals surface area contributed by atoms with Crippen LogP contribution in [0.3, 0.4) is 0 Å². The maximum absolute atomic E-state index is 12.1. The molecule has 0 fully saturated rings. The van der Waals surface area contributed by atoms with Gasteiger partial charge in [0.1, 0.15) is 17.4 Å². The lowest BCUT2D eigenvalue weighted by Gasteiger charge is -2.28. The molecular weight excluding hydrogens is 218 g/mol. The van der Waals surface area contributed by atoms with Crippen molar-refractivity contribution in [3.8, 4) is 0 Å². The second kappa shape index (κ2) is 3.75. The van der Waals surface area contributed by atoms with Crippen molar-refractivity contribution in [3.05, 3.63) is 11.3 Å². The number of nitrogens with one attached hydrogen (secondary N) is 2. The van der Waals surface area contributed by atoms with Crippen LogP contribution in [0.5, 0.6) is 0 Å². The van der Waals surface area contributed by atoms with E-state index in [0.29, 0.717) is 17.1 Å². The number of carbonyl (C=O) groups is 1. The molecule has 0 spiro atoms. The first-order valence-corrected chi connectivity index (χ1v) is 5.88. The van der Waals surface area contributed by atoms with Crippen molar-refractivity contribution in [2.24, 2.45) is 5.92 Å². The van der Waals surface area contributed by atoms with Gasteiger partial charge in [0.05, 0.1) is 0 Å². The number of anilines is 1. The number of carbonyl (C=O) groups excluding carboxylic acids is 1. The van der Waals surface area contributed by atoms with Gasteiger partial charge in [-0.25, -0.2) is 0 Å². The van der Waals surface area contributed by atoms with Gasteiger partial charge in [0.2, 0.25) is 5.88 Å². The zero-order valence-corrected chi connectivity index (χ0v) is 10.9. The van der Waals surface area contributed by atoms with E-state index in [2.05, 4.69) is 15.8 Å². The van der Waals surface area contributed by atoms with E-state index < -0.39 is 0 Å². The van der Waals surface area contributed by atoms with Crippen molar-refractivity contribution in [2.75, 3.05) is 5.32 Å². The Balaban J connectivity index is 2.41. The molecule has 5 nitrogen and oxygen atoms in total. The van der Waals surface area contributed by atoms with Crippen LogP contribution in [0, 0.1) is 5.92 Å². The van der Waals surface area contributed by atoms with Crippen LogP contribution >= 0.6 is 0 Å². The summed E-state index contributed by atoms with van der Waals surface area (Å²) in [6.07, 6.45) is -0.101. The van der Waals surface area contributed by atoms with E-state index in [9.17, 15) is 4.79 Å². The van der Waals surface area contributed by atoms with Crippen LogP contribution in [0.1, 0.15) is 50.7 Å². The lowest BCUT2D eigenvalue weighted by atomic mass is 9.88. The van der Waals surface area contributed by atoms with Gasteiger partial charge in [0, 0.05) is 5.41 Å². The Labute approximate surface area is 101 Å². The van der Waals surface area contributed by atoms with Gasteiger partial charge in [-0.2, -0.15) is 0 Å². The van der Waals surface area contributed by atoms with Crippen LogP contribution < -0.4 is 10.6 Å². The first-order chi connectivity index (χ1) is 7.80. The minimum atomic E-state index is -0.208. The SMILES string of the molecule is CC(C)C1NC(=O)c2c(C(C)(C)C)noc2N1. The molecule has 1 aliphatic heterocycles. The van der Waals surface area contributed by atoms with E-state index in [0.717, 1.165) is 0 Å². The third-order valence-corrected chi connectivity index (χ3v) is 2.87. The summed E-state index contributed by atoms with van der Waals surface area (Å²) < 4.78 is 5.24. The van der Waals surface area contributed by atoms with Crippen molar-refractivity contribution in [1.29, 1.82) is 0 Å². The predicted octanol–water partition coefficient (Wildman–Crippen LogP) is 2.11. The summed E-state index contributed by atoms with van der Waals surface area (Å²) in [5.41, 5.74) is 1.02. The molecule has 0 saturated heterocycles. The fraction of sp³-hybridized carbons (Fsp3) is 0.667. The van der Waals surface area contributed by atoms with E-state index in [1.54, 1.807) is 0 Å². The highest BCUT2D eigenvalue weighted by Gasteiger charge is 2.35. The summed E-state index contributed by atoms with van der Waals surface area (Å²) in [7, 11) is 0. The maximum atomic E-state index is 12.1. The Morgan fingerprint density at radius 3 is 2.47 bits per heavy atom. The molecule has 1 atom stereocenters. The topological polar surface area (TPSA) is 67.2 Å². The number of hydrogen-bond donors (Lipinski definition) is 2. The van der Waals surface area contributed by atoms with Crippen molar-refractivity contribution >= 4 is 11.8 Å². The number of aromatic nitrogens is 1. The number of nitrogens with zero attached hydrogens (tertiary/aromatic N) is 1. The van der Waals surface area contributed by atoms with Crippen molar-refractivity contribution in [3.63, 3.8) is 0 Å². The Morgan fingerprint density at radius 1 is 1.29 bits per heavy atom. The van der Waals surface area contributed by atoms with Gasteiger partial charge in [0.25, 0.3) is 5.91 Å². The smallest absolute Gasteiger partial charge is 0.260 e. The Kier molecular flexibility index (Phi) is 2.64. The van der Waals surface area contributed by atoms with E-state index >= 15 is 0 Å². The van der Waals surface area contributed by atoms with Crippen molar-refractivity contribution in [2.45, 2.75) is 46.2 Å². The molecule has 1 aromatic heterocycles. The van der Waals surface area contributed by atoms with Crippen LogP contribution in [-0.2, 0) is 5.41 Å². The molecule has 5 heteroatoms. The van der Waals surface area contributed by atoms with Crippen LogP contribution in [-0.4, -0.2) is 17.2 Å². The summed E-state index contributed by atoms with van der Waals surface area (Å²) >= 11 is 0. The molecule has 0 bridgehead atoms. The van der Waals surface area contributed by atoms with E-state index in [1.165, 1.54) is 0 Å². The van der Waals surface area contributed by atoms with Gasteiger partial charge < -0.3 is 15.2 Å². The molecule has 0 saturated carbocycles. The van der Waals surface area contributed by atoms with Crippen LogP contribution in [0.2, 0.25) is 0 Å². The summed E-state index contributed by atoms with van der Waals surface area (Å²) in [6.45, 7) is 10.1. The largest absolute Gasteiger partial charge is 0.338 e. The van der Waals surface area contributed by atoms with E-state index in [4.69, 9.17) is 4.52 Å². The molecule has 1 amide bonds. The minimum Gasteiger partial charge on any atom is -0.338 e. The number of amides is 1. The lowest BCUT2D eigenvalue weighted by Crippen LogP contribution is -2.48. The van der Waals surface area contributed by atoms with Gasteiger partial charge in [-0.05, 0) is 5.92 Å². The Morgan fingerprint density at radius 2 is 1.94 bits per heavy atom. The predicted molar refractivity (Wildman–Crippen MR) is 64.9 cm³/mol. The minimum absolute atomic E-state index is 0.101. The van der Waals surface area contributed by atoms with E-state index in [1.807, 2.05) is 34.6 Å². The molecule has 1 aliphatic rings. The highest BCUT2D eigenvalue weighted by Crippen LogP contribution is 2.32. The Hall–Kier alpha value is -1.52.